The molecule has 0 amide bonds. The molecule has 12 nitrogen and oxygen atoms in total. The third kappa shape index (κ3) is 24.3. The van der Waals surface area contributed by atoms with Crippen LogP contribution in [-0.4, -0.2) is 87.3 Å². The number of hydrogen-bond donors (Lipinski definition) is 2. The van der Waals surface area contributed by atoms with E-state index in [4.69, 9.17) is 29.2 Å². The van der Waals surface area contributed by atoms with E-state index < -0.39 is 12.3 Å². The van der Waals surface area contributed by atoms with E-state index in [9.17, 15) is 19.2 Å². The summed E-state index contributed by atoms with van der Waals surface area (Å²) >= 11 is 0. The molecule has 0 saturated carbocycles. The van der Waals surface area contributed by atoms with Gasteiger partial charge in [0.1, 0.15) is 13.2 Å². The maximum Gasteiger partial charge on any atom is 0.508 e. The minimum absolute atomic E-state index is 0.0843. The SMILES string of the molecule is O=C(CCCC(=O)OCCCCCCOC(=O)OCCO)OCCCCCCOC(=O)OCCO. The fourth-order valence-corrected chi connectivity index (χ4v) is 2.66. The molecular weight excluding hydrogens is 468 g/mol. The summed E-state index contributed by atoms with van der Waals surface area (Å²) in [6, 6.07) is 0. The van der Waals surface area contributed by atoms with Crippen LogP contribution in [0.5, 0.6) is 0 Å². The molecule has 0 saturated heterocycles. The molecule has 0 spiro atoms. The Balaban J connectivity index is 3.40. The fraction of sp³-hybridized carbons (Fsp3) is 0.826. The fourth-order valence-electron chi connectivity index (χ4n) is 2.66. The molecule has 35 heavy (non-hydrogen) atoms. The Morgan fingerprint density at radius 3 is 1.06 bits per heavy atom. The number of rotatable bonds is 22. The molecule has 0 unspecified atom stereocenters. The minimum Gasteiger partial charge on any atom is -0.466 e. The van der Waals surface area contributed by atoms with E-state index >= 15 is 0 Å². The Labute approximate surface area is 206 Å². The van der Waals surface area contributed by atoms with Crippen LogP contribution in [0.2, 0.25) is 0 Å². The summed E-state index contributed by atoms with van der Waals surface area (Å²) in [5.74, 6) is -0.703. The van der Waals surface area contributed by atoms with Crippen molar-refractivity contribution in [3.05, 3.63) is 0 Å². The third-order valence-electron chi connectivity index (χ3n) is 4.43. The average molecular weight is 509 g/mol. The van der Waals surface area contributed by atoms with Crippen molar-refractivity contribution in [3.63, 3.8) is 0 Å². The van der Waals surface area contributed by atoms with Crippen molar-refractivity contribution in [1.82, 2.24) is 0 Å². The molecule has 0 fully saturated rings. The van der Waals surface area contributed by atoms with Gasteiger partial charge in [-0.2, -0.15) is 0 Å². The largest absolute Gasteiger partial charge is 0.508 e. The molecule has 0 radical (unpaired) electrons. The number of carbonyl (C=O) groups excluding carboxylic acids is 4. The maximum absolute atomic E-state index is 11.7. The van der Waals surface area contributed by atoms with Crippen LogP contribution in [0, 0.1) is 0 Å². The van der Waals surface area contributed by atoms with Crippen molar-refractivity contribution in [2.45, 2.75) is 70.6 Å². The van der Waals surface area contributed by atoms with Gasteiger partial charge in [0.15, 0.2) is 0 Å². The van der Waals surface area contributed by atoms with Crippen molar-refractivity contribution in [3.8, 4) is 0 Å². The molecule has 0 rings (SSSR count). The van der Waals surface area contributed by atoms with Crippen molar-refractivity contribution in [2.75, 3.05) is 52.9 Å². The molecule has 0 heterocycles. The quantitative estimate of drug-likeness (QED) is 0.125. The van der Waals surface area contributed by atoms with Gasteiger partial charge < -0.3 is 38.6 Å². The molecule has 204 valence electrons. The second-order valence-corrected chi connectivity index (χ2v) is 7.46. The summed E-state index contributed by atoms with van der Waals surface area (Å²) in [6.45, 7) is 0.424. The molecule has 0 aliphatic rings. The van der Waals surface area contributed by atoms with Gasteiger partial charge in [0.2, 0.25) is 0 Å². The lowest BCUT2D eigenvalue weighted by molar-refractivity contribution is -0.145. The Bertz CT molecular complexity index is 519. The van der Waals surface area contributed by atoms with Gasteiger partial charge >= 0.3 is 24.2 Å². The lowest BCUT2D eigenvalue weighted by Crippen LogP contribution is -2.11. The van der Waals surface area contributed by atoms with E-state index in [1.54, 1.807) is 0 Å². The Morgan fingerprint density at radius 2 is 0.714 bits per heavy atom. The number of aliphatic hydroxyl groups is 2. The predicted molar refractivity (Wildman–Crippen MR) is 121 cm³/mol. The lowest BCUT2D eigenvalue weighted by atomic mass is 10.2. The molecule has 0 aromatic carbocycles. The molecule has 0 aromatic rings. The van der Waals surface area contributed by atoms with Crippen LogP contribution < -0.4 is 0 Å². The third-order valence-corrected chi connectivity index (χ3v) is 4.43. The van der Waals surface area contributed by atoms with E-state index in [0.717, 1.165) is 25.7 Å². The summed E-state index contributed by atoms with van der Waals surface area (Å²) in [5, 5.41) is 17.0. The summed E-state index contributed by atoms with van der Waals surface area (Å²) in [6.07, 6.45) is 5.07. The van der Waals surface area contributed by atoms with Gasteiger partial charge in [0, 0.05) is 12.8 Å². The van der Waals surface area contributed by atoms with Crippen LogP contribution in [0.4, 0.5) is 9.59 Å². The highest BCUT2D eigenvalue weighted by molar-refractivity contribution is 5.72. The molecule has 12 heteroatoms. The molecule has 0 bridgehead atoms. The first-order valence-electron chi connectivity index (χ1n) is 12.1. The lowest BCUT2D eigenvalue weighted by Gasteiger charge is -2.07. The van der Waals surface area contributed by atoms with Gasteiger partial charge in [0.05, 0.1) is 39.6 Å². The Hall–Kier alpha value is -2.60. The first kappa shape index (κ1) is 32.4. The summed E-state index contributed by atoms with van der Waals surface area (Å²) in [5.41, 5.74) is 0. The zero-order valence-corrected chi connectivity index (χ0v) is 20.4. The van der Waals surface area contributed by atoms with Gasteiger partial charge in [-0.3, -0.25) is 9.59 Å². The Kier molecular flexibility index (Phi) is 22.7. The number of ether oxygens (including phenoxy) is 6. The normalized spacial score (nSPS) is 10.3. The van der Waals surface area contributed by atoms with Crippen LogP contribution in [0.1, 0.15) is 70.6 Å². The highest BCUT2D eigenvalue weighted by Crippen LogP contribution is 2.05. The zero-order chi connectivity index (χ0) is 26.0. The summed E-state index contributed by atoms with van der Waals surface area (Å²) in [4.78, 5) is 45.4. The molecule has 2 N–H and O–H groups in total. The topological polar surface area (TPSA) is 164 Å². The summed E-state index contributed by atoms with van der Waals surface area (Å²) < 4.78 is 28.9. The monoisotopic (exact) mass is 508 g/mol. The molecular formula is C23H40O12. The van der Waals surface area contributed by atoms with Crippen molar-refractivity contribution < 1.29 is 57.8 Å². The molecule has 0 atom stereocenters. The Morgan fingerprint density at radius 1 is 0.400 bits per heavy atom. The van der Waals surface area contributed by atoms with E-state index in [0.29, 0.717) is 45.3 Å². The first-order valence-corrected chi connectivity index (χ1v) is 12.1. The second-order valence-electron chi connectivity index (χ2n) is 7.46. The van der Waals surface area contributed by atoms with Gasteiger partial charge in [-0.05, 0) is 57.8 Å². The van der Waals surface area contributed by atoms with E-state index in [1.807, 2.05) is 0 Å². The van der Waals surface area contributed by atoms with E-state index in [2.05, 4.69) is 9.47 Å². The number of aliphatic hydroxyl groups excluding tert-OH is 2. The highest BCUT2D eigenvalue weighted by atomic mass is 16.7. The van der Waals surface area contributed by atoms with Crippen LogP contribution in [0.25, 0.3) is 0 Å². The van der Waals surface area contributed by atoms with E-state index in [1.165, 1.54) is 0 Å². The minimum atomic E-state index is -0.795. The average Bonchev–Trinajstić information content (AvgIpc) is 2.84. The van der Waals surface area contributed by atoms with Crippen molar-refractivity contribution in [2.24, 2.45) is 0 Å². The number of hydrogen-bond acceptors (Lipinski definition) is 12. The predicted octanol–water partition coefficient (Wildman–Crippen LogP) is 2.65. The maximum atomic E-state index is 11.7. The van der Waals surface area contributed by atoms with Crippen molar-refractivity contribution in [1.29, 1.82) is 0 Å². The first-order chi connectivity index (χ1) is 17.0. The van der Waals surface area contributed by atoms with Gasteiger partial charge in [-0.25, -0.2) is 9.59 Å². The zero-order valence-electron chi connectivity index (χ0n) is 20.4. The second kappa shape index (κ2) is 24.5. The number of carbonyl (C=O) groups is 4. The van der Waals surface area contributed by atoms with Crippen LogP contribution in [0.15, 0.2) is 0 Å². The number of esters is 2. The van der Waals surface area contributed by atoms with Crippen LogP contribution >= 0.6 is 0 Å². The van der Waals surface area contributed by atoms with Crippen molar-refractivity contribution >= 4 is 24.2 Å². The number of unbranched alkanes of at least 4 members (excludes halogenated alkanes) is 6. The van der Waals surface area contributed by atoms with Gasteiger partial charge in [0.25, 0.3) is 0 Å². The van der Waals surface area contributed by atoms with E-state index in [-0.39, 0.29) is 64.4 Å². The smallest absolute Gasteiger partial charge is 0.466 e. The van der Waals surface area contributed by atoms with Crippen LogP contribution in [0.3, 0.4) is 0 Å². The molecule has 0 aliphatic carbocycles. The highest BCUT2D eigenvalue weighted by Gasteiger charge is 2.08. The molecule has 0 aliphatic heterocycles. The summed E-state index contributed by atoms with van der Waals surface area (Å²) in [7, 11) is 0. The standard InChI is InChI=1S/C23H40O12/c24-12-18-34-22(28)32-16-7-3-1-5-14-30-20(26)10-9-11-21(27)31-15-6-2-4-8-17-33-23(29)35-19-13-25/h24-25H,1-19H2. The van der Waals surface area contributed by atoms with Gasteiger partial charge in [-0.15, -0.1) is 0 Å². The van der Waals surface area contributed by atoms with Crippen LogP contribution in [-0.2, 0) is 38.0 Å². The molecule has 0 aromatic heterocycles. The van der Waals surface area contributed by atoms with Gasteiger partial charge in [-0.1, -0.05) is 0 Å².